The molecule has 0 saturated carbocycles. The number of benzene rings is 1. The predicted octanol–water partition coefficient (Wildman–Crippen LogP) is 2.73. The van der Waals surface area contributed by atoms with Crippen molar-refractivity contribution in [2.45, 2.75) is 13.0 Å². The first-order valence-electron chi connectivity index (χ1n) is 5.50. The minimum absolute atomic E-state index is 0.00625. The predicted molar refractivity (Wildman–Crippen MR) is 69.3 cm³/mol. The van der Waals surface area contributed by atoms with Crippen molar-refractivity contribution in [2.75, 3.05) is 19.8 Å². The fourth-order valence-electron chi connectivity index (χ4n) is 1.38. The number of rotatable bonds is 8. The summed E-state index contributed by atoms with van der Waals surface area (Å²) in [7, 11) is 0. The molecule has 8 heteroatoms. The van der Waals surface area contributed by atoms with Crippen molar-refractivity contribution in [1.82, 2.24) is 5.32 Å². The molecule has 0 aliphatic carbocycles. The normalized spacial score (nSPS) is 10.9. The van der Waals surface area contributed by atoms with E-state index < -0.39 is 18.0 Å². The zero-order valence-electron chi connectivity index (χ0n) is 9.94. The molecule has 106 valence electrons. The highest BCUT2D eigenvalue weighted by Crippen LogP contribution is 2.27. The molecule has 0 amide bonds. The maximum Gasteiger partial charge on any atom is 0.283 e. The highest BCUT2D eigenvalue weighted by Gasteiger charge is 2.14. The van der Waals surface area contributed by atoms with Gasteiger partial charge in [0.05, 0.1) is 16.0 Å². The molecule has 0 unspecified atom stereocenters. The highest BCUT2D eigenvalue weighted by molar-refractivity contribution is 9.10. The molecular weight excluding hydrogens is 326 g/mol. The first-order chi connectivity index (χ1) is 9.02. The van der Waals surface area contributed by atoms with Gasteiger partial charge in [-0.1, -0.05) is 12.1 Å². The van der Waals surface area contributed by atoms with Crippen molar-refractivity contribution >= 4 is 21.6 Å². The zero-order valence-corrected chi connectivity index (χ0v) is 11.5. The summed E-state index contributed by atoms with van der Waals surface area (Å²) >= 11 is 3.17. The molecule has 0 aromatic heterocycles. The van der Waals surface area contributed by atoms with E-state index >= 15 is 0 Å². The largest absolute Gasteiger partial charge is 0.374 e. The minimum atomic E-state index is -2.47. The van der Waals surface area contributed by atoms with Gasteiger partial charge >= 0.3 is 0 Å². The van der Waals surface area contributed by atoms with E-state index in [4.69, 9.17) is 4.74 Å². The van der Waals surface area contributed by atoms with E-state index in [0.717, 1.165) is 5.56 Å². The molecule has 0 atom stereocenters. The number of hydrogen-bond acceptors (Lipinski definition) is 4. The van der Waals surface area contributed by atoms with Crippen LogP contribution in [-0.4, -0.2) is 31.1 Å². The average molecular weight is 339 g/mol. The summed E-state index contributed by atoms with van der Waals surface area (Å²) in [4.78, 5) is 10.2. The molecule has 0 bridgehead atoms. The Hall–Kier alpha value is -1.12. The maximum atomic E-state index is 11.8. The Balaban J connectivity index is 2.37. The van der Waals surface area contributed by atoms with Crippen LogP contribution in [-0.2, 0) is 11.3 Å². The van der Waals surface area contributed by atoms with Gasteiger partial charge in [0, 0.05) is 19.2 Å². The van der Waals surface area contributed by atoms with Crippen LogP contribution in [0.3, 0.4) is 0 Å². The van der Waals surface area contributed by atoms with Gasteiger partial charge in [0.1, 0.15) is 6.61 Å². The van der Waals surface area contributed by atoms with E-state index in [-0.39, 0.29) is 12.3 Å². The summed E-state index contributed by atoms with van der Waals surface area (Å²) in [6, 6.07) is 4.73. The maximum absolute atomic E-state index is 11.8. The third-order valence-electron chi connectivity index (χ3n) is 2.24. The lowest BCUT2D eigenvalue weighted by atomic mass is 10.2. The Morgan fingerprint density at radius 2 is 2.21 bits per heavy atom. The van der Waals surface area contributed by atoms with Crippen LogP contribution in [0, 0.1) is 10.1 Å². The quantitative estimate of drug-likeness (QED) is 0.449. The average Bonchev–Trinajstić information content (AvgIpc) is 2.34. The smallest absolute Gasteiger partial charge is 0.283 e. The van der Waals surface area contributed by atoms with Gasteiger partial charge in [-0.05, 0) is 21.5 Å². The first-order valence-corrected chi connectivity index (χ1v) is 6.30. The molecule has 19 heavy (non-hydrogen) atoms. The molecule has 0 saturated heterocycles. The van der Waals surface area contributed by atoms with Crippen LogP contribution >= 0.6 is 15.9 Å². The minimum Gasteiger partial charge on any atom is -0.374 e. The van der Waals surface area contributed by atoms with Gasteiger partial charge in [0.25, 0.3) is 12.1 Å². The number of hydrogen-bond donors (Lipinski definition) is 1. The molecule has 1 rings (SSSR count). The van der Waals surface area contributed by atoms with Crippen LogP contribution in [0.1, 0.15) is 5.56 Å². The molecule has 0 radical (unpaired) electrons. The van der Waals surface area contributed by atoms with Crippen LogP contribution in [0.5, 0.6) is 0 Å². The fourth-order valence-corrected chi connectivity index (χ4v) is 1.93. The third kappa shape index (κ3) is 5.58. The second-order valence-corrected chi connectivity index (χ2v) is 4.44. The number of ether oxygens (including phenoxy) is 1. The number of nitrogens with zero attached hydrogens (tertiary/aromatic N) is 1. The van der Waals surface area contributed by atoms with E-state index in [1.807, 2.05) is 0 Å². The SMILES string of the molecule is O=[N+]([O-])c1cccc(CNCCOCC(F)F)c1Br. The lowest BCUT2D eigenvalue weighted by molar-refractivity contribution is -0.385. The van der Waals surface area contributed by atoms with Crippen molar-refractivity contribution in [2.24, 2.45) is 0 Å². The van der Waals surface area contributed by atoms with Gasteiger partial charge in [-0.25, -0.2) is 8.78 Å². The van der Waals surface area contributed by atoms with E-state index in [1.54, 1.807) is 12.1 Å². The van der Waals surface area contributed by atoms with E-state index in [0.29, 0.717) is 17.6 Å². The molecule has 0 aliphatic rings. The Bertz CT molecular complexity index is 432. The zero-order chi connectivity index (χ0) is 14.3. The first kappa shape index (κ1) is 15.9. The van der Waals surface area contributed by atoms with Crippen LogP contribution in [0.25, 0.3) is 0 Å². The Labute approximate surface area is 117 Å². The van der Waals surface area contributed by atoms with Crippen LogP contribution in [0.15, 0.2) is 22.7 Å². The molecule has 5 nitrogen and oxygen atoms in total. The number of alkyl halides is 2. The second kappa shape index (κ2) is 8.13. The molecule has 1 N–H and O–H groups in total. The summed E-state index contributed by atoms with van der Waals surface area (Å²) in [5.74, 6) is 0. The monoisotopic (exact) mass is 338 g/mol. The lowest BCUT2D eigenvalue weighted by Crippen LogP contribution is -2.20. The molecule has 0 aliphatic heterocycles. The molecular formula is C11H13BrF2N2O3. The van der Waals surface area contributed by atoms with Gasteiger partial charge in [0.2, 0.25) is 0 Å². The van der Waals surface area contributed by atoms with Crippen molar-refractivity contribution in [3.63, 3.8) is 0 Å². The number of halogens is 3. The number of nitrogens with one attached hydrogen (secondary N) is 1. The highest BCUT2D eigenvalue weighted by atomic mass is 79.9. The summed E-state index contributed by atoms with van der Waals surface area (Å²) in [6.45, 7) is 0.362. The number of nitro benzene ring substituents is 1. The Morgan fingerprint density at radius 1 is 1.47 bits per heavy atom. The van der Waals surface area contributed by atoms with Gasteiger partial charge in [0.15, 0.2) is 0 Å². The summed E-state index contributed by atoms with van der Waals surface area (Å²) < 4.78 is 28.6. The van der Waals surface area contributed by atoms with E-state index in [9.17, 15) is 18.9 Å². The molecule has 0 fully saturated rings. The Morgan fingerprint density at radius 3 is 2.84 bits per heavy atom. The van der Waals surface area contributed by atoms with Crippen LogP contribution in [0.4, 0.5) is 14.5 Å². The van der Waals surface area contributed by atoms with Crippen molar-refractivity contribution in [3.05, 3.63) is 38.3 Å². The van der Waals surface area contributed by atoms with Gasteiger partial charge < -0.3 is 10.1 Å². The third-order valence-corrected chi connectivity index (χ3v) is 3.15. The standard InChI is InChI=1S/C11H13BrF2N2O3/c12-11-8(2-1-3-9(11)16(17)18)6-15-4-5-19-7-10(13)14/h1-3,10,15H,4-7H2. The van der Waals surface area contributed by atoms with Gasteiger partial charge in [-0.15, -0.1) is 0 Å². The second-order valence-electron chi connectivity index (χ2n) is 3.65. The summed E-state index contributed by atoms with van der Waals surface area (Å²) in [6.07, 6.45) is -2.47. The molecule has 0 heterocycles. The lowest BCUT2D eigenvalue weighted by Gasteiger charge is -2.07. The van der Waals surface area contributed by atoms with Crippen LogP contribution in [0.2, 0.25) is 0 Å². The molecule has 1 aromatic rings. The van der Waals surface area contributed by atoms with Crippen molar-refractivity contribution in [3.8, 4) is 0 Å². The topological polar surface area (TPSA) is 64.4 Å². The van der Waals surface area contributed by atoms with Crippen LogP contribution < -0.4 is 5.32 Å². The molecule has 0 spiro atoms. The summed E-state index contributed by atoms with van der Waals surface area (Å²) in [5.41, 5.74) is 0.719. The van der Waals surface area contributed by atoms with E-state index in [2.05, 4.69) is 21.2 Å². The van der Waals surface area contributed by atoms with Crippen molar-refractivity contribution < 1.29 is 18.4 Å². The van der Waals surface area contributed by atoms with Gasteiger partial charge in [-0.2, -0.15) is 0 Å². The molecule has 1 aromatic carbocycles. The number of nitro groups is 1. The van der Waals surface area contributed by atoms with Crippen molar-refractivity contribution in [1.29, 1.82) is 0 Å². The Kier molecular flexibility index (Phi) is 6.82. The fraction of sp³-hybridized carbons (Fsp3) is 0.455. The van der Waals surface area contributed by atoms with Gasteiger partial charge in [-0.3, -0.25) is 10.1 Å². The summed E-state index contributed by atoms with van der Waals surface area (Å²) in [5, 5.41) is 13.7. The van der Waals surface area contributed by atoms with E-state index in [1.165, 1.54) is 6.07 Å².